The molecule has 0 bridgehead atoms. The minimum Gasteiger partial charge on any atom is -0.357 e. The second kappa shape index (κ2) is 11.1. The molecule has 0 saturated carbocycles. The summed E-state index contributed by atoms with van der Waals surface area (Å²) in [6.45, 7) is 10.2. The molecule has 1 aliphatic rings. The third kappa shape index (κ3) is 6.03. The highest BCUT2D eigenvalue weighted by molar-refractivity contribution is 7.11. The number of thiophene rings is 1. The number of rotatable bonds is 8. The lowest BCUT2D eigenvalue weighted by Gasteiger charge is -2.38. The fourth-order valence-corrected chi connectivity index (χ4v) is 6.13. The van der Waals surface area contributed by atoms with Crippen molar-refractivity contribution in [3.05, 3.63) is 38.0 Å². The Hall–Kier alpha value is -1.44. The Morgan fingerprint density at radius 2 is 2.21 bits per heavy atom. The summed E-state index contributed by atoms with van der Waals surface area (Å²) >= 11 is 3.69. The first kappa shape index (κ1) is 22.2. The zero-order valence-electron chi connectivity index (χ0n) is 18.2. The number of nitrogens with one attached hydrogen (secondary N) is 2. The van der Waals surface area contributed by atoms with E-state index in [1.165, 1.54) is 39.8 Å². The van der Waals surface area contributed by atoms with Gasteiger partial charge in [0.05, 0.1) is 10.7 Å². The van der Waals surface area contributed by atoms with Crippen molar-refractivity contribution < 1.29 is 0 Å². The zero-order chi connectivity index (χ0) is 20.6. The Morgan fingerprint density at radius 3 is 2.90 bits per heavy atom. The van der Waals surface area contributed by atoms with Gasteiger partial charge in [0.25, 0.3) is 0 Å². The Morgan fingerprint density at radius 1 is 1.34 bits per heavy atom. The predicted molar refractivity (Wildman–Crippen MR) is 126 cm³/mol. The fraction of sp³-hybridized carbons (Fsp3) is 0.636. The van der Waals surface area contributed by atoms with Crippen molar-refractivity contribution in [3.63, 3.8) is 0 Å². The van der Waals surface area contributed by atoms with Crippen molar-refractivity contribution in [3.8, 4) is 0 Å². The average Bonchev–Trinajstić information content (AvgIpc) is 3.35. The van der Waals surface area contributed by atoms with Crippen molar-refractivity contribution in [1.29, 1.82) is 0 Å². The van der Waals surface area contributed by atoms with Crippen LogP contribution in [0, 0.1) is 12.8 Å². The molecule has 7 heteroatoms. The number of hydrogen-bond acceptors (Lipinski definition) is 5. The summed E-state index contributed by atoms with van der Waals surface area (Å²) in [6.07, 6.45) is 4.46. The van der Waals surface area contributed by atoms with E-state index in [4.69, 9.17) is 9.98 Å². The number of hydrogen-bond donors (Lipinski definition) is 2. The van der Waals surface area contributed by atoms with Crippen molar-refractivity contribution in [1.82, 2.24) is 20.5 Å². The smallest absolute Gasteiger partial charge is 0.191 e. The van der Waals surface area contributed by atoms with Crippen molar-refractivity contribution >= 4 is 28.6 Å². The molecule has 1 fully saturated rings. The molecule has 2 aromatic heterocycles. The van der Waals surface area contributed by atoms with Crippen LogP contribution in [-0.4, -0.2) is 49.1 Å². The molecule has 5 nitrogen and oxygen atoms in total. The van der Waals surface area contributed by atoms with Gasteiger partial charge >= 0.3 is 0 Å². The van der Waals surface area contributed by atoms with Crippen LogP contribution in [0.4, 0.5) is 0 Å². The summed E-state index contributed by atoms with van der Waals surface area (Å²) in [7, 11) is 2.25. The molecule has 3 rings (SSSR count). The molecular formula is C22H35N5S2. The Balaban J connectivity index is 1.58. The lowest BCUT2D eigenvalue weighted by atomic mass is 9.88. The summed E-state index contributed by atoms with van der Waals surface area (Å²) in [5.41, 5.74) is 1.24. The highest BCUT2D eigenvalue weighted by atomic mass is 32.1. The van der Waals surface area contributed by atoms with Crippen LogP contribution in [0.25, 0.3) is 0 Å². The molecule has 2 N–H and O–H groups in total. The molecule has 0 amide bonds. The molecular weight excluding hydrogens is 398 g/mol. The Labute approximate surface area is 183 Å². The number of nitrogens with zero attached hydrogens (tertiary/aromatic N) is 3. The van der Waals surface area contributed by atoms with Crippen LogP contribution in [0.1, 0.15) is 53.2 Å². The van der Waals surface area contributed by atoms with Gasteiger partial charge in [-0.15, -0.1) is 22.7 Å². The first-order valence-electron chi connectivity index (χ1n) is 10.8. The van der Waals surface area contributed by atoms with Crippen LogP contribution in [0.2, 0.25) is 0 Å². The monoisotopic (exact) mass is 433 g/mol. The van der Waals surface area contributed by atoms with Crippen LogP contribution in [-0.2, 0) is 12.8 Å². The number of aromatic nitrogens is 1. The third-order valence-corrected chi connectivity index (χ3v) is 7.59. The van der Waals surface area contributed by atoms with E-state index < -0.39 is 0 Å². The third-order valence-electron chi connectivity index (χ3n) is 5.57. The number of likely N-dealkylation sites (tertiary alicyclic amines) is 1. The van der Waals surface area contributed by atoms with Gasteiger partial charge in [-0.25, -0.2) is 4.98 Å². The topological polar surface area (TPSA) is 52.6 Å². The molecule has 1 aliphatic heterocycles. The maximum Gasteiger partial charge on any atom is 0.191 e. The number of aryl methyl sites for hydroxylation is 2. The maximum absolute atomic E-state index is 4.96. The van der Waals surface area contributed by atoms with Crippen LogP contribution in [0.5, 0.6) is 0 Å². The van der Waals surface area contributed by atoms with Gasteiger partial charge in [0.15, 0.2) is 5.96 Å². The second-order valence-electron chi connectivity index (χ2n) is 7.70. The zero-order valence-corrected chi connectivity index (χ0v) is 19.8. The summed E-state index contributed by atoms with van der Waals surface area (Å²) < 4.78 is 0. The molecule has 0 radical (unpaired) electrons. The van der Waals surface area contributed by atoms with Crippen LogP contribution >= 0.6 is 22.7 Å². The lowest BCUT2D eigenvalue weighted by Crippen LogP contribution is -2.40. The highest BCUT2D eigenvalue weighted by Crippen LogP contribution is 2.37. The van der Waals surface area contributed by atoms with Crippen molar-refractivity contribution in [2.24, 2.45) is 10.9 Å². The molecule has 2 aromatic rings. The Kier molecular flexibility index (Phi) is 8.51. The maximum atomic E-state index is 4.96. The molecule has 29 heavy (non-hydrogen) atoms. The van der Waals surface area contributed by atoms with Gasteiger partial charge in [-0.1, -0.05) is 13.0 Å². The van der Waals surface area contributed by atoms with E-state index in [-0.39, 0.29) is 0 Å². The van der Waals surface area contributed by atoms with Crippen LogP contribution in [0.15, 0.2) is 22.5 Å². The van der Waals surface area contributed by atoms with Crippen molar-refractivity contribution in [2.75, 3.05) is 33.2 Å². The minimum atomic E-state index is 0.487. The quantitative estimate of drug-likeness (QED) is 0.483. The van der Waals surface area contributed by atoms with Gasteiger partial charge in [-0.3, -0.25) is 9.89 Å². The largest absolute Gasteiger partial charge is 0.357 e. The van der Waals surface area contributed by atoms with Gasteiger partial charge in [-0.05, 0) is 64.1 Å². The number of piperidine rings is 1. The van der Waals surface area contributed by atoms with E-state index in [1.807, 2.05) is 22.7 Å². The summed E-state index contributed by atoms with van der Waals surface area (Å²) in [5.74, 6) is 1.49. The normalized spacial score (nSPS) is 20.8. The Bertz CT molecular complexity index is 768. The molecule has 1 saturated heterocycles. The van der Waals surface area contributed by atoms with Crippen molar-refractivity contribution in [2.45, 2.75) is 52.5 Å². The van der Waals surface area contributed by atoms with Gasteiger partial charge in [0.1, 0.15) is 0 Å². The van der Waals surface area contributed by atoms with Gasteiger partial charge < -0.3 is 10.6 Å². The van der Waals surface area contributed by atoms with E-state index in [0.29, 0.717) is 12.0 Å². The lowest BCUT2D eigenvalue weighted by molar-refractivity contribution is 0.128. The van der Waals surface area contributed by atoms with Gasteiger partial charge in [0, 0.05) is 41.9 Å². The molecule has 3 heterocycles. The standard InChI is InChI=1S/C22H35N5S2/c1-5-18-16(3)29-20(26-18)11-12-24-22(23-6-2)25-15-17-9-7-13-27(4)21(17)19-10-8-14-28-19/h8,10,14,17,21H,5-7,9,11-13,15H2,1-4H3,(H2,23,24,25). The second-order valence-corrected chi connectivity index (χ2v) is 9.97. The van der Waals surface area contributed by atoms with E-state index in [0.717, 1.165) is 38.4 Å². The first-order valence-corrected chi connectivity index (χ1v) is 12.5. The van der Waals surface area contributed by atoms with Gasteiger partial charge in [0.2, 0.25) is 0 Å². The van der Waals surface area contributed by atoms with E-state index in [2.05, 4.69) is 60.9 Å². The molecule has 0 aliphatic carbocycles. The average molecular weight is 434 g/mol. The van der Waals surface area contributed by atoms with Gasteiger partial charge in [-0.2, -0.15) is 0 Å². The number of guanidine groups is 1. The summed E-state index contributed by atoms with van der Waals surface area (Å²) in [4.78, 5) is 15.0. The molecule has 0 spiro atoms. The highest BCUT2D eigenvalue weighted by Gasteiger charge is 2.31. The van der Waals surface area contributed by atoms with E-state index >= 15 is 0 Å². The molecule has 0 aromatic carbocycles. The van der Waals surface area contributed by atoms with Crippen LogP contribution in [0.3, 0.4) is 0 Å². The van der Waals surface area contributed by atoms with E-state index in [1.54, 1.807) is 0 Å². The van der Waals surface area contributed by atoms with E-state index in [9.17, 15) is 0 Å². The van der Waals surface area contributed by atoms with Crippen LogP contribution < -0.4 is 10.6 Å². The molecule has 2 atom stereocenters. The predicted octanol–water partition coefficient (Wildman–Crippen LogP) is 4.26. The fourth-order valence-electron chi connectivity index (χ4n) is 4.12. The minimum absolute atomic E-state index is 0.487. The number of aliphatic imine (C=N–C) groups is 1. The first-order chi connectivity index (χ1) is 14.1. The molecule has 160 valence electrons. The SMILES string of the molecule is CCNC(=NCC1CCCN(C)C1c1cccs1)NCCc1nc(CC)c(C)s1. The summed E-state index contributed by atoms with van der Waals surface area (Å²) in [6, 6.07) is 4.93. The summed E-state index contributed by atoms with van der Waals surface area (Å²) in [5, 5.41) is 10.3. The number of thiazole rings is 1. The molecule has 2 unspecified atom stereocenters.